The second kappa shape index (κ2) is 5.31. The summed E-state index contributed by atoms with van der Waals surface area (Å²) in [7, 11) is 3.37. The van der Waals surface area contributed by atoms with E-state index in [-0.39, 0.29) is 10.5 Å². The minimum absolute atomic E-state index is 0.201. The molecule has 0 saturated heterocycles. The zero-order valence-corrected chi connectivity index (χ0v) is 15.0. The smallest absolute Gasteiger partial charge is 0.393 e. The Morgan fingerprint density at radius 2 is 2.32 bits per heavy atom. The lowest BCUT2D eigenvalue weighted by Gasteiger charge is -2.44. The molecule has 2 atom stereocenters. The molecule has 1 aliphatic carbocycles. The van der Waals surface area contributed by atoms with Crippen molar-refractivity contribution in [2.45, 2.75) is 23.9 Å². The molecule has 2 unspecified atom stereocenters. The molecule has 0 radical (unpaired) electrons. The number of rotatable bonds is 3. The number of ether oxygens (including phenoxy) is 1. The Morgan fingerprint density at radius 1 is 1.52 bits per heavy atom. The maximum atomic E-state index is 12.5. The molecule has 0 amide bonds. The number of hydrogen-bond acceptors (Lipinski definition) is 5. The molecule has 4 rings (SSSR count). The average molecular weight is 356 g/mol. The summed E-state index contributed by atoms with van der Waals surface area (Å²) in [6.45, 7) is 2.05. The first-order chi connectivity index (χ1) is 12.0. The molecular weight excluding hydrogens is 338 g/mol. The second-order valence-electron chi connectivity index (χ2n) is 6.42. The van der Waals surface area contributed by atoms with Gasteiger partial charge in [-0.3, -0.25) is 4.79 Å². The lowest BCUT2D eigenvalue weighted by atomic mass is 9.80. The van der Waals surface area contributed by atoms with Gasteiger partial charge in [0, 0.05) is 12.5 Å². The Balaban J connectivity index is 2.08. The lowest BCUT2D eigenvalue weighted by molar-refractivity contribution is -0.138. The lowest BCUT2D eigenvalue weighted by Crippen LogP contribution is -2.62. The highest BCUT2D eigenvalue weighted by Crippen LogP contribution is 2.57. The van der Waals surface area contributed by atoms with Crippen LogP contribution in [0.25, 0.3) is 5.70 Å². The Bertz CT molecular complexity index is 924. The first-order valence-electron chi connectivity index (χ1n) is 7.93. The highest BCUT2D eigenvalue weighted by atomic mass is 32.2. The SMILES string of the molecule is COC(=O)C1=CC=CC23CC=CC(C)=C2n2c(SC=O)cnc2[N+]13C. The van der Waals surface area contributed by atoms with Crippen molar-refractivity contribution in [1.29, 1.82) is 0 Å². The molecule has 3 heterocycles. The van der Waals surface area contributed by atoms with E-state index in [4.69, 9.17) is 4.74 Å². The third-order valence-corrected chi connectivity index (χ3v) is 6.01. The van der Waals surface area contributed by atoms with E-state index in [1.807, 2.05) is 24.6 Å². The van der Waals surface area contributed by atoms with Gasteiger partial charge in [-0.15, -0.1) is 0 Å². The molecule has 0 aromatic carbocycles. The Hall–Kier alpha value is -2.38. The van der Waals surface area contributed by atoms with Crippen molar-refractivity contribution < 1.29 is 14.3 Å². The fourth-order valence-electron chi connectivity index (χ4n) is 4.28. The van der Waals surface area contributed by atoms with Crippen LogP contribution in [0.2, 0.25) is 0 Å². The standard InChI is InChI=1S/C18H18N3O3S/c1-12-6-4-8-18-9-5-7-13(16(23)24-3)21(18,2)17-19-10-14(25-11-22)20(17)15(12)18/h4-7,9-11H,8H2,1-3H3/q+1. The summed E-state index contributed by atoms with van der Waals surface area (Å²) in [5.74, 6) is 0.335. The van der Waals surface area contributed by atoms with Gasteiger partial charge in [0.2, 0.25) is 5.70 Å². The largest absolute Gasteiger partial charge is 0.462 e. The molecule has 1 spiro atoms. The molecule has 3 aliphatic rings. The van der Waals surface area contributed by atoms with Crippen LogP contribution < -0.4 is 4.48 Å². The van der Waals surface area contributed by atoms with Crippen LogP contribution in [0.15, 0.2) is 52.9 Å². The van der Waals surface area contributed by atoms with Crippen molar-refractivity contribution in [2.75, 3.05) is 14.2 Å². The molecule has 0 N–H and O–H groups in total. The van der Waals surface area contributed by atoms with E-state index < -0.39 is 5.54 Å². The number of hydrogen-bond donors (Lipinski definition) is 0. The molecule has 7 heteroatoms. The van der Waals surface area contributed by atoms with Gasteiger partial charge in [-0.2, -0.15) is 4.98 Å². The van der Waals surface area contributed by atoms with E-state index in [1.54, 1.807) is 12.3 Å². The number of aromatic nitrogens is 2. The summed E-state index contributed by atoms with van der Waals surface area (Å²) < 4.78 is 7.27. The Kier molecular flexibility index (Phi) is 3.42. The van der Waals surface area contributed by atoms with Crippen molar-refractivity contribution in [3.8, 4) is 0 Å². The van der Waals surface area contributed by atoms with Gasteiger partial charge in [0.15, 0.2) is 11.2 Å². The van der Waals surface area contributed by atoms with Gasteiger partial charge >= 0.3 is 11.9 Å². The van der Waals surface area contributed by atoms with Gasteiger partial charge in [0.05, 0.1) is 26.1 Å². The van der Waals surface area contributed by atoms with Crippen molar-refractivity contribution in [2.24, 2.45) is 0 Å². The van der Waals surface area contributed by atoms with Gasteiger partial charge < -0.3 is 4.74 Å². The summed E-state index contributed by atoms with van der Waals surface area (Å²) >= 11 is 1.09. The highest BCUT2D eigenvalue weighted by Gasteiger charge is 2.65. The van der Waals surface area contributed by atoms with Gasteiger partial charge in [0.25, 0.3) is 0 Å². The van der Waals surface area contributed by atoms with E-state index >= 15 is 0 Å². The van der Waals surface area contributed by atoms with Crippen LogP contribution in [0.3, 0.4) is 0 Å². The number of thioether (sulfide) groups is 1. The van der Waals surface area contributed by atoms with Crippen LogP contribution in [0.5, 0.6) is 0 Å². The zero-order chi connectivity index (χ0) is 17.8. The molecule has 2 aliphatic heterocycles. The predicted molar refractivity (Wildman–Crippen MR) is 97.2 cm³/mol. The number of likely N-dealkylation sites (N-methyl/N-ethyl adjacent to an activating group) is 1. The van der Waals surface area contributed by atoms with Crippen molar-refractivity contribution in [1.82, 2.24) is 14.0 Å². The second-order valence-corrected chi connectivity index (χ2v) is 7.26. The summed E-state index contributed by atoms with van der Waals surface area (Å²) in [5.41, 5.74) is 3.00. The van der Waals surface area contributed by atoms with Gasteiger partial charge in [-0.05, 0) is 30.3 Å². The average Bonchev–Trinajstić information content (AvgIpc) is 3.10. The topological polar surface area (TPSA) is 61.2 Å². The fourth-order valence-corrected chi connectivity index (χ4v) is 4.77. The maximum Gasteiger partial charge on any atom is 0.393 e. The third-order valence-electron chi connectivity index (χ3n) is 5.38. The van der Waals surface area contributed by atoms with E-state index in [1.165, 1.54) is 7.11 Å². The molecular formula is C18H18N3O3S+. The normalized spacial score (nSPS) is 29.0. The van der Waals surface area contributed by atoms with Crippen LogP contribution in [0.4, 0.5) is 5.95 Å². The number of esters is 1. The van der Waals surface area contributed by atoms with Gasteiger partial charge in [0.1, 0.15) is 5.03 Å². The van der Waals surface area contributed by atoms with Crippen LogP contribution in [-0.4, -0.2) is 40.8 Å². The number of imidazole rings is 1. The first-order valence-corrected chi connectivity index (χ1v) is 8.81. The van der Waals surface area contributed by atoms with Gasteiger partial charge in [-0.1, -0.05) is 18.2 Å². The van der Waals surface area contributed by atoms with Crippen molar-refractivity contribution >= 4 is 35.0 Å². The number of carbonyl (C=O) groups excluding carboxylic acids is 2. The Labute approximate surface area is 149 Å². The summed E-state index contributed by atoms with van der Waals surface area (Å²) in [6, 6.07) is 0. The number of carbonyl (C=O) groups is 2. The van der Waals surface area contributed by atoms with Crippen LogP contribution in [0, 0.1) is 0 Å². The molecule has 0 bridgehead atoms. The highest BCUT2D eigenvalue weighted by molar-refractivity contribution is 8.11. The number of fused-ring (bicyclic) bond motifs is 3. The molecule has 6 nitrogen and oxygen atoms in total. The van der Waals surface area contributed by atoms with E-state index in [9.17, 15) is 9.59 Å². The molecule has 1 aromatic heterocycles. The zero-order valence-electron chi connectivity index (χ0n) is 14.2. The van der Waals surface area contributed by atoms with Crippen molar-refractivity contribution in [3.63, 3.8) is 0 Å². The number of allylic oxidation sites excluding steroid dienone is 4. The summed E-state index contributed by atoms with van der Waals surface area (Å²) in [6.07, 6.45) is 12.5. The van der Waals surface area contributed by atoms with Crippen molar-refractivity contribution in [3.05, 3.63) is 47.8 Å². The summed E-state index contributed by atoms with van der Waals surface area (Å²) in [5, 5.41) is 0.750. The van der Waals surface area contributed by atoms with Crippen LogP contribution in [-0.2, 0) is 14.3 Å². The quantitative estimate of drug-likeness (QED) is 0.361. The minimum Gasteiger partial charge on any atom is -0.462 e. The summed E-state index contributed by atoms with van der Waals surface area (Å²) in [4.78, 5) is 28.3. The van der Waals surface area contributed by atoms with E-state index in [0.29, 0.717) is 11.6 Å². The van der Waals surface area contributed by atoms with Crippen LogP contribution >= 0.6 is 11.8 Å². The monoisotopic (exact) mass is 356 g/mol. The van der Waals surface area contributed by atoms with Gasteiger partial charge in [-0.25, -0.2) is 13.8 Å². The molecule has 1 aromatic rings. The minimum atomic E-state index is -0.473. The molecule has 0 saturated carbocycles. The van der Waals surface area contributed by atoms with Crippen LogP contribution in [0.1, 0.15) is 13.3 Å². The third kappa shape index (κ3) is 1.77. The Morgan fingerprint density at radius 3 is 3.04 bits per heavy atom. The first kappa shape index (κ1) is 16.1. The molecule has 0 fully saturated rings. The van der Waals surface area contributed by atoms with E-state index in [2.05, 4.69) is 23.2 Å². The number of nitrogens with zero attached hydrogens (tertiary/aromatic N) is 3. The molecule has 128 valence electrons. The number of quaternary nitrogens is 1. The fraction of sp³-hybridized carbons (Fsp3) is 0.278. The predicted octanol–water partition coefficient (Wildman–Crippen LogP) is 2.67. The van der Waals surface area contributed by atoms with E-state index in [0.717, 1.165) is 40.1 Å². The number of methoxy groups -OCH3 is 1. The molecule has 25 heavy (non-hydrogen) atoms. The maximum absolute atomic E-state index is 12.5.